The summed E-state index contributed by atoms with van der Waals surface area (Å²) < 4.78 is 8.91. The van der Waals surface area contributed by atoms with Gasteiger partial charge in [0.2, 0.25) is 0 Å². The van der Waals surface area contributed by atoms with Crippen LogP contribution in [0.25, 0.3) is 21.2 Å². The van der Waals surface area contributed by atoms with E-state index in [1.165, 1.54) is 22.2 Å². The summed E-state index contributed by atoms with van der Waals surface area (Å²) in [5, 5.41) is 6.54. The van der Waals surface area contributed by atoms with Gasteiger partial charge in [0, 0.05) is 28.6 Å². The van der Waals surface area contributed by atoms with Crippen LogP contribution in [0.5, 0.6) is 0 Å². The van der Waals surface area contributed by atoms with E-state index in [1.807, 2.05) is 16.9 Å². The van der Waals surface area contributed by atoms with Gasteiger partial charge in [0.1, 0.15) is 6.23 Å². The van der Waals surface area contributed by atoms with Gasteiger partial charge in [-0.1, -0.05) is 17.7 Å². The molecule has 0 N–H and O–H groups in total. The third kappa shape index (κ3) is 2.45. The maximum Gasteiger partial charge on any atom is 0.150 e. The average molecular weight is 333 g/mol. The molecule has 1 atom stereocenters. The highest BCUT2D eigenvalue weighted by atomic mass is 35.5. The number of ether oxygens (including phenoxy) is 1. The highest BCUT2D eigenvalue weighted by Gasteiger charge is 2.18. The van der Waals surface area contributed by atoms with Crippen molar-refractivity contribution < 1.29 is 4.74 Å². The van der Waals surface area contributed by atoms with Crippen LogP contribution in [-0.2, 0) is 4.74 Å². The Morgan fingerprint density at radius 3 is 3.09 bits per heavy atom. The third-order valence-corrected chi connectivity index (χ3v) is 5.63. The third-order valence-electron chi connectivity index (χ3n) is 4.12. The smallest absolute Gasteiger partial charge is 0.150 e. The monoisotopic (exact) mass is 332 g/mol. The number of nitrogens with zero attached hydrogens (tertiary/aromatic N) is 2. The lowest BCUT2D eigenvalue weighted by atomic mass is 10.1. The number of aromatic nitrogens is 2. The molecule has 1 aliphatic heterocycles. The molecule has 3 heterocycles. The Balaban J connectivity index is 1.76. The van der Waals surface area contributed by atoms with Crippen LogP contribution in [0.2, 0.25) is 5.02 Å². The molecule has 0 bridgehead atoms. The molecule has 0 radical (unpaired) electrons. The first-order chi connectivity index (χ1) is 10.7. The van der Waals surface area contributed by atoms with Crippen LogP contribution in [0.4, 0.5) is 0 Å². The van der Waals surface area contributed by atoms with Gasteiger partial charge in [-0.3, -0.25) is 0 Å². The van der Waals surface area contributed by atoms with Crippen LogP contribution in [0, 0.1) is 6.92 Å². The summed E-state index contributed by atoms with van der Waals surface area (Å²) in [7, 11) is 0. The van der Waals surface area contributed by atoms with Crippen molar-refractivity contribution in [3.8, 4) is 11.1 Å². The predicted molar refractivity (Wildman–Crippen MR) is 91.6 cm³/mol. The second kappa shape index (κ2) is 5.69. The summed E-state index contributed by atoms with van der Waals surface area (Å²) in [4.78, 5) is 1.27. The number of benzene rings is 1. The molecule has 2 aromatic heterocycles. The number of rotatable bonds is 2. The van der Waals surface area contributed by atoms with E-state index >= 15 is 0 Å². The van der Waals surface area contributed by atoms with Crippen LogP contribution < -0.4 is 0 Å². The molecule has 5 heteroatoms. The minimum atomic E-state index is 0.0782. The molecule has 3 nitrogen and oxygen atoms in total. The molecule has 1 aromatic carbocycles. The maximum absolute atomic E-state index is 6.33. The Bertz CT molecular complexity index is 817. The molecule has 22 heavy (non-hydrogen) atoms. The first-order valence-electron chi connectivity index (χ1n) is 7.57. The largest absolute Gasteiger partial charge is 0.357 e. The average Bonchev–Trinajstić information content (AvgIpc) is 3.16. The summed E-state index contributed by atoms with van der Waals surface area (Å²) in [6, 6.07) is 6.26. The fraction of sp³-hybridized carbons (Fsp3) is 0.353. The van der Waals surface area contributed by atoms with E-state index in [4.69, 9.17) is 16.3 Å². The van der Waals surface area contributed by atoms with Crippen molar-refractivity contribution in [2.75, 3.05) is 6.61 Å². The van der Waals surface area contributed by atoms with Gasteiger partial charge in [-0.15, -0.1) is 11.3 Å². The molecule has 1 unspecified atom stereocenters. The topological polar surface area (TPSA) is 27.1 Å². The van der Waals surface area contributed by atoms with E-state index in [0.717, 1.165) is 34.7 Å². The molecule has 114 valence electrons. The zero-order valence-corrected chi connectivity index (χ0v) is 14.0. The highest BCUT2D eigenvalue weighted by Crippen LogP contribution is 2.38. The van der Waals surface area contributed by atoms with E-state index in [2.05, 4.69) is 30.4 Å². The molecule has 1 fully saturated rings. The second-order valence-electron chi connectivity index (χ2n) is 5.73. The van der Waals surface area contributed by atoms with Crippen molar-refractivity contribution in [1.82, 2.24) is 9.78 Å². The Morgan fingerprint density at radius 1 is 1.36 bits per heavy atom. The molecular formula is C17H17ClN2OS. The minimum absolute atomic E-state index is 0.0782. The van der Waals surface area contributed by atoms with Gasteiger partial charge < -0.3 is 4.74 Å². The zero-order valence-electron chi connectivity index (χ0n) is 12.4. The number of fused-ring (bicyclic) bond motifs is 1. The lowest BCUT2D eigenvalue weighted by molar-refractivity contribution is -0.0394. The summed E-state index contributed by atoms with van der Waals surface area (Å²) >= 11 is 8.06. The number of aryl methyl sites for hydroxylation is 1. The van der Waals surface area contributed by atoms with Gasteiger partial charge >= 0.3 is 0 Å². The van der Waals surface area contributed by atoms with Gasteiger partial charge in [0.15, 0.2) is 0 Å². The van der Waals surface area contributed by atoms with Crippen molar-refractivity contribution in [3.63, 3.8) is 0 Å². The van der Waals surface area contributed by atoms with Crippen molar-refractivity contribution in [2.24, 2.45) is 0 Å². The van der Waals surface area contributed by atoms with Gasteiger partial charge in [0.25, 0.3) is 0 Å². The standard InChI is InChI=1S/C17H17ClN2OS/c1-11-8-14-13(5-6-15(18)17(14)22-11)12-9-19-20(10-12)16-4-2-3-7-21-16/h5-6,8-10,16H,2-4,7H2,1H3. The summed E-state index contributed by atoms with van der Waals surface area (Å²) in [5.41, 5.74) is 2.31. The number of hydrogen-bond acceptors (Lipinski definition) is 3. The van der Waals surface area contributed by atoms with Gasteiger partial charge in [-0.2, -0.15) is 5.10 Å². The van der Waals surface area contributed by atoms with Crippen LogP contribution in [0.15, 0.2) is 30.6 Å². The molecule has 0 spiro atoms. The molecule has 3 aromatic rings. The Labute approximate surface area is 138 Å². The van der Waals surface area contributed by atoms with Crippen molar-refractivity contribution >= 4 is 33.0 Å². The van der Waals surface area contributed by atoms with Crippen LogP contribution in [0.1, 0.15) is 30.4 Å². The van der Waals surface area contributed by atoms with E-state index < -0.39 is 0 Å². The Hall–Kier alpha value is -1.36. The normalized spacial score (nSPS) is 18.9. The lowest BCUT2D eigenvalue weighted by Gasteiger charge is -2.22. The minimum Gasteiger partial charge on any atom is -0.357 e. The zero-order chi connectivity index (χ0) is 15.1. The molecule has 0 saturated carbocycles. The molecule has 0 aliphatic carbocycles. The van der Waals surface area contributed by atoms with Crippen LogP contribution in [0.3, 0.4) is 0 Å². The number of thiophene rings is 1. The van der Waals surface area contributed by atoms with E-state index in [-0.39, 0.29) is 6.23 Å². The molecule has 0 amide bonds. The summed E-state index contributed by atoms with van der Waals surface area (Å²) in [5.74, 6) is 0. The van der Waals surface area contributed by atoms with Crippen LogP contribution in [-0.4, -0.2) is 16.4 Å². The van der Waals surface area contributed by atoms with E-state index in [0.29, 0.717) is 0 Å². The summed E-state index contributed by atoms with van der Waals surface area (Å²) in [6.45, 7) is 2.94. The SMILES string of the molecule is Cc1cc2c(-c3cnn(C4CCCCO4)c3)ccc(Cl)c2s1. The quantitative estimate of drug-likeness (QED) is 0.626. The second-order valence-corrected chi connectivity index (χ2v) is 7.39. The molecule has 1 saturated heterocycles. The van der Waals surface area contributed by atoms with Gasteiger partial charge in [0.05, 0.1) is 15.9 Å². The molecular weight excluding hydrogens is 316 g/mol. The summed E-state index contributed by atoms with van der Waals surface area (Å²) in [6.07, 6.45) is 7.48. The lowest BCUT2D eigenvalue weighted by Crippen LogP contribution is -2.18. The maximum atomic E-state index is 6.33. The van der Waals surface area contributed by atoms with E-state index in [9.17, 15) is 0 Å². The van der Waals surface area contributed by atoms with Crippen LogP contribution >= 0.6 is 22.9 Å². The number of hydrogen-bond donors (Lipinski definition) is 0. The molecule has 1 aliphatic rings. The van der Waals surface area contributed by atoms with Gasteiger partial charge in [-0.05, 0) is 43.9 Å². The van der Waals surface area contributed by atoms with Gasteiger partial charge in [-0.25, -0.2) is 4.68 Å². The predicted octanol–water partition coefficient (Wildman–Crippen LogP) is 5.43. The Morgan fingerprint density at radius 2 is 2.27 bits per heavy atom. The van der Waals surface area contributed by atoms with Crippen molar-refractivity contribution in [3.05, 3.63) is 40.5 Å². The number of halogens is 1. The molecule has 4 rings (SSSR count). The van der Waals surface area contributed by atoms with E-state index in [1.54, 1.807) is 11.3 Å². The first-order valence-corrected chi connectivity index (χ1v) is 8.76. The fourth-order valence-electron chi connectivity index (χ4n) is 3.03. The highest BCUT2D eigenvalue weighted by molar-refractivity contribution is 7.19. The Kier molecular flexibility index (Phi) is 3.68. The fourth-order valence-corrected chi connectivity index (χ4v) is 4.26. The first kappa shape index (κ1) is 14.2. The van der Waals surface area contributed by atoms with Crippen molar-refractivity contribution in [2.45, 2.75) is 32.4 Å². The van der Waals surface area contributed by atoms with Crippen molar-refractivity contribution in [1.29, 1.82) is 0 Å².